The summed E-state index contributed by atoms with van der Waals surface area (Å²) in [6, 6.07) is 13.0. The maximum Gasteiger partial charge on any atom is 0.219 e. The van der Waals surface area contributed by atoms with E-state index in [0.717, 1.165) is 55.9 Å². The van der Waals surface area contributed by atoms with E-state index in [-0.39, 0.29) is 5.91 Å². The molecule has 1 amide bonds. The number of hydrogen-bond donors (Lipinski definition) is 0. The molecule has 2 aliphatic heterocycles. The second-order valence-corrected chi connectivity index (χ2v) is 7.15. The van der Waals surface area contributed by atoms with Gasteiger partial charge in [0.05, 0.1) is 6.54 Å². The summed E-state index contributed by atoms with van der Waals surface area (Å²) in [7, 11) is 0. The molecule has 25 heavy (non-hydrogen) atoms. The van der Waals surface area contributed by atoms with Crippen LogP contribution in [-0.4, -0.2) is 46.0 Å². The Bertz CT molecular complexity index is 728. The number of nitrogens with zero attached hydrogens (tertiary/aromatic N) is 3. The fourth-order valence-corrected chi connectivity index (χ4v) is 4.40. The van der Waals surface area contributed by atoms with E-state index in [4.69, 9.17) is 4.52 Å². The molecular weight excluding hydrogens is 314 g/mol. The first kappa shape index (κ1) is 16.3. The van der Waals surface area contributed by atoms with Gasteiger partial charge in [-0.1, -0.05) is 35.5 Å². The normalized spacial score (nSPS) is 24.1. The van der Waals surface area contributed by atoms with Crippen LogP contribution in [0.1, 0.15) is 38.4 Å². The molecule has 5 nitrogen and oxygen atoms in total. The number of hydrogen-bond acceptors (Lipinski definition) is 4. The summed E-state index contributed by atoms with van der Waals surface area (Å²) in [5.74, 6) is 1.11. The number of carbonyl (C=O) groups excluding carboxylic acids is 1. The highest BCUT2D eigenvalue weighted by molar-refractivity contribution is 5.74. The third-order valence-electron chi connectivity index (χ3n) is 5.55. The third-order valence-corrected chi connectivity index (χ3v) is 5.55. The zero-order valence-corrected chi connectivity index (χ0v) is 14.7. The van der Waals surface area contributed by atoms with Crippen LogP contribution in [0.25, 0.3) is 11.3 Å². The summed E-state index contributed by atoms with van der Waals surface area (Å²) in [4.78, 5) is 16.5. The monoisotopic (exact) mass is 339 g/mol. The predicted octanol–water partition coefficient (Wildman–Crippen LogP) is 3.32. The van der Waals surface area contributed by atoms with Crippen LogP contribution in [0.3, 0.4) is 0 Å². The largest absolute Gasteiger partial charge is 0.359 e. The molecule has 0 unspecified atom stereocenters. The van der Waals surface area contributed by atoms with E-state index in [9.17, 15) is 4.79 Å². The predicted molar refractivity (Wildman–Crippen MR) is 95.8 cm³/mol. The first-order valence-corrected chi connectivity index (χ1v) is 9.24. The number of carbonyl (C=O) groups is 1. The van der Waals surface area contributed by atoms with Crippen molar-refractivity contribution in [3.05, 3.63) is 42.2 Å². The Balaban J connectivity index is 1.47. The van der Waals surface area contributed by atoms with E-state index in [1.807, 2.05) is 36.4 Å². The number of rotatable bonds is 4. The van der Waals surface area contributed by atoms with Crippen LogP contribution in [0.2, 0.25) is 0 Å². The molecule has 0 spiro atoms. The molecule has 2 aliphatic rings. The molecule has 2 atom stereocenters. The Labute approximate surface area is 148 Å². The Morgan fingerprint density at radius 2 is 1.92 bits per heavy atom. The maximum atomic E-state index is 11.9. The van der Waals surface area contributed by atoms with Gasteiger partial charge in [0.15, 0.2) is 5.76 Å². The number of likely N-dealkylation sites (tertiary alicyclic amines) is 2. The Morgan fingerprint density at radius 3 is 2.72 bits per heavy atom. The summed E-state index contributed by atoms with van der Waals surface area (Å²) in [5.41, 5.74) is 1.96. The van der Waals surface area contributed by atoms with E-state index in [1.54, 1.807) is 6.92 Å². The highest BCUT2D eigenvalue weighted by atomic mass is 16.5. The van der Waals surface area contributed by atoms with Crippen molar-refractivity contribution in [1.82, 2.24) is 15.0 Å². The average molecular weight is 339 g/mol. The second-order valence-electron chi connectivity index (χ2n) is 7.15. The van der Waals surface area contributed by atoms with Gasteiger partial charge in [0.1, 0.15) is 5.69 Å². The van der Waals surface area contributed by atoms with Gasteiger partial charge in [-0.05, 0) is 32.2 Å². The van der Waals surface area contributed by atoms with Crippen molar-refractivity contribution in [1.29, 1.82) is 0 Å². The summed E-state index contributed by atoms with van der Waals surface area (Å²) < 4.78 is 5.59. The summed E-state index contributed by atoms with van der Waals surface area (Å²) in [6.45, 7) is 4.44. The minimum absolute atomic E-state index is 0.209. The first-order valence-electron chi connectivity index (χ1n) is 9.24. The van der Waals surface area contributed by atoms with Crippen molar-refractivity contribution in [3.63, 3.8) is 0 Å². The molecule has 0 saturated carbocycles. The molecule has 0 N–H and O–H groups in total. The molecular formula is C20H25N3O2. The Hall–Kier alpha value is -2.14. The summed E-state index contributed by atoms with van der Waals surface area (Å²) in [5, 5.41) is 4.23. The molecule has 2 fully saturated rings. The minimum Gasteiger partial charge on any atom is -0.359 e. The molecule has 0 radical (unpaired) electrons. The maximum absolute atomic E-state index is 11.9. The number of benzene rings is 1. The lowest BCUT2D eigenvalue weighted by Gasteiger charge is -2.34. The SMILES string of the molecule is CC(=O)N1CCC[C@H]1[C@H]1CCCN1Cc1cc(-c2ccccc2)no1. The van der Waals surface area contributed by atoms with E-state index in [2.05, 4.69) is 15.0 Å². The van der Waals surface area contributed by atoms with Crippen LogP contribution in [-0.2, 0) is 11.3 Å². The number of aromatic nitrogens is 1. The van der Waals surface area contributed by atoms with Crippen LogP contribution in [0.4, 0.5) is 0 Å². The van der Waals surface area contributed by atoms with Crippen LogP contribution in [0, 0.1) is 0 Å². The van der Waals surface area contributed by atoms with Gasteiger partial charge in [-0.15, -0.1) is 0 Å². The van der Waals surface area contributed by atoms with Crippen molar-refractivity contribution >= 4 is 5.91 Å². The van der Waals surface area contributed by atoms with E-state index in [1.165, 1.54) is 6.42 Å². The minimum atomic E-state index is 0.209. The molecule has 4 rings (SSSR count). The average Bonchev–Trinajstić information content (AvgIpc) is 3.36. The van der Waals surface area contributed by atoms with E-state index >= 15 is 0 Å². The fourth-order valence-electron chi connectivity index (χ4n) is 4.40. The first-order chi connectivity index (χ1) is 12.2. The quantitative estimate of drug-likeness (QED) is 0.857. The Morgan fingerprint density at radius 1 is 1.16 bits per heavy atom. The van der Waals surface area contributed by atoms with Gasteiger partial charge >= 0.3 is 0 Å². The zero-order chi connectivity index (χ0) is 17.2. The van der Waals surface area contributed by atoms with Crippen molar-refractivity contribution in [2.45, 2.75) is 51.2 Å². The highest BCUT2D eigenvalue weighted by Crippen LogP contribution is 2.31. The molecule has 0 bridgehead atoms. The lowest BCUT2D eigenvalue weighted by Crippen LogP contribution is -2.47. The summed E-state index contributed by atoms with van der Waals surface area (Å²) >= 11 is 0. The van der Waals surface area contributed by atoms with Crippen LogP contribution in [0.15, 0.2) is 40.9 Å². The molecule has 0 aliphatic carbocycles. The van der Waals surface area contributed by atoms with Gasteiger partial charge in [0.2, 0.25) is 5.91 Å². The molecule has 3 heterocycles. The van der Waals surface area contributed by atoms with Crippen molar-refractivity contribution in [3.8, 4) is 11.3 Å². The number of amides is 1. The molecule has 5 heteroatoms. The topological polar surface area (TPSA) is 49.6 Å². The van der Waals surface area contributed by atoms with Gasteiger partial charge in [0, 0.05) is 37.2 Å². The van der Waals surface area contributed by atoms with Crippen molar-refractivity contribution in [2.24, 2.45) is 0 Å². The van der Waals surface area contributed by atoms with E-state index < -0.39 is 0 Å². The van der Waals surface area contributed by atoms with Gasteiger partial charge in [0.25, 0.3) is 0 Å². The van der Waals surface area contributed by atoms with Crippen molar-refractivity contribution in [2.75, 3.05) is 13.1 Å². The lowest BCUT2D eigenvalue weighted by atomic mass is 10.0. The molecule has 2 aromatic rings. The van der Waals surface area contributed by atoms with Gasteiger partial charge < -0.3 is 9.42 Å². The van der Waals surface area contributed by atoms with Crippen LogP contribution >= 0.6 is 0 Å². The molecule has 1 aromatic carbocycles. The van der Waals surface area contributed by atoms with E-state index in [0.29, 0.717) is 12.1 Å². The van der Waals surface area contributed by atoms with Gasteiger partial charge in [-0.25, -0.2) is 0 Å². The third kappa shape index (κ3) is 3.33. The van der Waals surface area contributed by atoms with Crippen LogP contribution in [0.5, 0.6) is 0 Å². The molecule has 132 valence electrons. The summed E-state index contributed by atoms with van der Waals surface area (Å²) in [6.07, 6.45) is 4.59. The molecule has 1 aromatic heterocycles. The fraction of sp³-hybridized carbons (Fsp3) is 0.500. The Kier molecular flexibility index (Phi) is 4.57. The van der Waals surface area contributed by atoms with Gasteiger partial charge in [-0.2, -0.15) is 0 Å². The standard InChI is InChI=1S/C20H25N3O2/c1-15(24)23-12-6-10-20(23)19-9-5-11-22(19)14-17-13-18(21-25-17)16-7-3-2-4-8-16/h2-4,7-8,13,19-20H,5-6,9-12,14H2,1H3/t19-,20+/m1/s1. The highest BCUT2D eigenvalue weighted by Gasteiger charge is 2.38. The zero-order valence-electron chi connectivity index (χ0n) is 14.7. The lowest BCUT2D eigenvalue weighted by molar-refractivity contribution is -0.130. The second kappa shape index (κ2) is 7.00. The van der Waals surface area contributed by atoms with Gasteiger partial charge in [-0.3, -0.25) is 9.69 Å². The smallest absolute Gasteiger partial charge is 0.219 e. The van der Waals surface area contributed by atoms with Crippen LogP contribution < -0.4 is 0 Å². The van der Waals surface area contributed by atoms with Crippen molar-refractivity contribution < 1.29 is 9.32 Å². The molecule has 2 saturated heterocycles.